The summed E-state index contributed by atoms with van der Waals surface area (Å²) in [4.78, 5) is 15.8. The SMILES string of the molecule is CCn1cc(NC(=O)Nc2cccnc2OC)cn1. The number of amides is 2. The van der Waals surface area contributed by atoms with Crippen LogP contribution in [0.5, 0.6) is 5.88 Å². The zero-order valence-electron chi connectivity index (χ0n) is 10.8. The molecule has 100 valence electrons. The van der Waals surface area contributed by atoms with Gasteiger partial charge in [-0.05, 0) is 19.1 Å². The molecule has 7 nitrogen and oxygen atoms in total. The second-order valence-corrected chi connectivity index (χ2v) is 3.72. The molecule has 2 N–H and O–H groups in total. The molecule has 0 spiro atoms. The van der Waals surface area contributed by atoms with Gasteiger partial charge in [0.05, 0.1) is 19.0 Å². The quantitative estimate of drug-likeness (QED) is 0.881. The molecule has 2 aromatic rings. The molecule has 7 heteroatoms. The minimum atomic E-state index is -0.373. The maximum atomic E-state index is 11.8. The Morgan fingerprint density at radius 1 is 1.47 bits per heavy atom. The molecular weight excluding hydrogens is 246 g/mol. The fourth-order valence-electron chi connectivity index (χ4n) is 1.53. The van der Waals surface area contributed by atoms with E-state index in [-0.39, 0.29) is 6.03 Å². The van der Waals surface area contributed by atoms with Crippen molar-refractivity contribution in [1.29, 1.82) is 0 Å². The Bertz CT molecular complexity index is 567. The lowest BCUT2D eigenvalue weighted by atomic mass is 10.4. The summed E-state index contributed by atoms with van der Waals surface area (Å²) in [7, 11) is 1.50. The molecule has 0 atom stereocenters. The van der Waals surface area contributed by atoms with Gasteiger partial charge in [-0.1, -0.05) is 0 Å². The van der Waals surface area contributed by atoms with Gasteiger partial charge >= 0.3 is 6.03 Å². The number of anilines is 2. The van der Waals surface area contributed by atoms with Crippen LogP contribution >= 0.6 is 0 Å². The summed E-state index contributed by atoms with van der Waals surface area (Å²) < 4.78 is 6.77. The van der Waals surface area contributed by atoms with Gasteiger partial charge in [0.15, 0.2) is 0 Å². The third-order valence-electron chi connectivity index (χ3n) is 2.43. The van der Waals surface area contributed by atoms with Crippen molar-refractivity contribution in [2.75, 3.05) is 17.7 Å². The Morgan fingerprint density at radius 2 is 2.32 bits per heavy atom. The predicted octanol–water partition coefficient (Wildman–Crippen LogP) is 1.95. The number of rotatable bonds is 4. The van der Waals surface area contributed by atoms with Crippen molar-refractivity contribution in [2.24, 2.45) is 0 Å². The van der Waals surface area contributed by atoms with Gasteiger partial charge in [-0.15, -0.1) is 0 Å². The number of aryl methyl sites for hydroxylation is 1. The van der Waals surface area contributed by atoms with E-state index in [0.29, 0.717) is 17.3 Å². The van der Waals surface area contributed by atoms with Crippen molar-refractivity contribution in [1.82, 2.24) is 14.8 Å². The average Bonchev–Trinajstić information content (AvgIpc) is 2.87. The largest absolute Gasteiger partial charge is 0.480 e. The van der Waals surface area contributed by atoms with Crippen LogP contribution in [0.4, 0.5) is 16.2 Å². The molecule has 0 saturated heterocycles. The number of nitrogens with one attached hydrogen (secondary N) is 2. The molecule has 0 aliphatic heterocycles. The van der Waals surface area contributed by atoms with Gasteiger partial charge in [0, 0.05) is 18.9 Å². The molecular formula is C12H15N5O2. The maximum absolute atomic E-state index is 11.8. The minimum Gasteiger partial charge on any atom is -0.480 e. The van der Waals surface area contributed by atoms with Crippen molar-refractivity contribution in [3.63, 3.8) is 0 Å². The number of aromatic nitrogens is 3. The van der Waals surface area contributed by atoms with E-state index in [9.17, 15) is 4.79 Å². The highest BCUT2D eigenvalue weighted by atomic mass is 16.5. The number of hydrogen-bond acceptors (Lipinski definition) is 4. The Kier molecular flexibility index (Phi) is 3.97. The summed E-state index contributed by atoms with van der Waals surface area (Å²) in [6.45, 7) is 2.72. The van der Waals surface area contributed by atoms with Crippen LogP contribution in [0.25, 0.3) is 0 Å². The number of pyridine rings is 1. The van der Waals surface area contributed by atoms with Gasteiger partial charge in [-0.25, -0.2) is 9.78 Å². The summed E-state index contributed by atoms with van der Waals surface area (Å²) in [5.74, 6) is 0.363. The molecule has 2 amide bonds. The highest BCUT2D eigenvalue weighted by molar-refractivity contribution is 6.00. The zero-order chi connectivity index (χ0) is 13.7. The Morgan fingerprint density at radius 3 is 3.00 bits per heavy atom. The van der Waals surface area contributed by atoms with Gasteiger partial charge in [0.2, 0.25) is 5.88 Å². The first-order chi connectivity index (χ1) is 9.22. The number of carbonyl (C=O) groups excluding carboxylic acids is 1. The molecule has 2 aromatic heterocycles. The number of methoxy groups -OCH3 is 1. The molecule has 0 aliphatic carbocycles. The molecule has 0 saturated carbocycles. The number of urea groups is 1. The topological polar surface area (TPSA) is 81.1 Å². The third kappa shape index (κ3) is 3.21. The van der Waals surface area contributed by atoms with Gasteiger partial charge in [-0.2, -0.15) is 5.10 Å². The number of ether oxygens (including phenoxy) is 1. The van der Waals surface area contributed by atoms with Crippen LogP contribution in [0.1, 0.15) is 6.92 Å². The Labute approximate surface area is 110 Å². The Balaban J connectivity index is 2.01. The molecule has 0 aliphatic rings. The summed E-state index contributed by atoms with van der Waals surface area (Å²) in [5.41, 5.74) is 1.13. The first kappa shape index (κ1) is 12.9. The second-order valence-electron chi connectivity index (χ2n) is 3.72. The fourth-order valence-corrected chi connectivity index (χ4v) is 1.53. The monoisotopic (exact) mass is 261 g/mol. The second kappa shape index (κ2) is 5.85. The third-order valence-corrected chi connectivity index (χ3v) is 2.43. The summed E-state index contributed by atoms with van der Waals surface area (Å²) in [5, 5.41) is 9.41. The molecule has 19 heavy (non-hydrogen) atoms. The highest BCUT2D eigenvalue weighted by Crippen LogP contribution is 2.19. The molecule has 0 radical (unpaired) electrons. The van der Waals surface area contributed by atoms with E-state index in [0.717, 1.165) is 6.54 Å². The van der Waals surface area contributed by atoms with Crippen LogP contribution < -0.4 is 15.4 Å². The fraction of sp³-hybridized carbons (Fsp3) is 0.250. The Hall–Kier alpha value is -2.57. The standard InChI is InChI=1S/C12H15N5O2/c1-3-17-8-9(7-14-17)15-12(18)16-10-5-4-6-13-11(10)19-2/h4-8H,3H2,1-2H3,(H2,15,16,18). The van der Waals surface area contributed by atoms with E-state index >= 15 is 0 Å². The van der Waals surface area contributed by atoms with Gasteiger partial charge < -0.3 is 15.4 Å². The summed E-state index contributed by atoms with van der Waals surface area (Å²) in [6.07, 6.45) is 4.93. The molecule has 0 bridgehead atoms. The van der Waals surface area contributed by atoms with E-state index in [4.69, 9.17) is 4.74 Å². The smallest absolute Gasteiger partial charge is 0.323 e. The van der Waals surface area contributed by atoms with Gasteiger partial charge in [0.25, 0.3) is 0 Å². The van der Waals surface area contributed by atoms with E-state index in [2.05, 4.69) is 20.7 Å². The van der Waals surface area contributed by atoms with Crippen molar-refractivity contribution in [2.45, 2.75) is 13.5 Å². The predicted molar refractivity (Wildman–Crippen MR) is 71.3 cm³/mol. The lowest BCUT2D eigenvalue weighted by Crippen LogP contribution is -2.19. The van der Waals surface area contributed by atoms with Crippen LogP contribution in [0.3, 0.4) is 0 Å². The number of hydrogen-bond donors (Lipinski definition) is 2. The summed E-state index contributed by atoms with van der Waals surface area (Å²) >= 11 is 0. The highest BCUT2D eigenvalue weighted by Gasteiger charge is 2.08. The van der Waals surface area contributed by atoms with Crippen LogP contribution in [0.2, 0.25) is 0 Å². The minimum absolute atomic E-state index is 0.363. The molecule has 2 rings (SSSR count). The average molecular weight is 261 g/mol. The van der Waals surface area contributed by atoms with E-state index in [1.165, 1.54) is 7.11 Å². The van der Waals surface area contributed by atoms with Crippen LogP contribution in [-0.4, -0.2) is 27.9 Å². The van der Waals surface area contributed by atoms with Crippen LogP contribution in [0, 0.1) is 0 Å². The van der Waals surface area contributed by atoms with Crippen LogP contribution in [0.15, 0.2) is 30.7 Å². The molecule has 0 unspecified atom stereocenters. The number of nitrogens with zero attached hydrogens (tertiary/aromatic N) is 3. The lowest BCUT2D eigenvalue weighted by molar-refractivity contribution is 0.262. The van der Waals surface area contributed by atoms with E-state index in [1.54, 1.807) is 35.4 Å². The van der Waals surface area contributed by atoms with Crippen molar-refractivity contribution < 1.29 is 9.53 Å². The summed E-state index contributed by atoms with van der Waals surface area (Å²) in [6, 6.07) is 3.05. The zero-order valence-corrected chi connectivity index (χ0v) is 10.8. The van der Waals surface area contributed by atoms with E-state index < -0.39 is 0 Å². The first-order valence-electron chi connectivity index (χ1n) is 5.82. The van der Waals surface area contributed by atoms with Crippen LogP contribution in [-0.2, 0) is 6.54 Å². The molecule has 0 aromatic carbocycles. The van der Waals surface area contributed by atoms with Crippen molar-refractivity contribution in [3.05, 3.63) is 30.7 Å². The maximum Gasteiger partial charge on any atom is 0.323 e. The van der Waals surface area contributed by atoms with Crippen molar-refractivity contribution in [3.8, 4) is 5.88 Å². The molecule has 0 fully saturated rings. The lowest BCUT2D eigenvalue weighted by Gasteiger charge is -2.08. The normalized spacial score (nSPS) is 10.0. The molecule has 2 heterocycles. The van der Waals surface area contributed by atoms with E-state index in [1.807, 2.05) is 6.92 Å². The first-order valence-corrected chi connectivity index (χ1v) is 5.82. The van der Waals surface area contributed by atoms with Gasteiger partial charge in [-0.3, -0.25) is 4.68 Å². The van der Waals surface area contributed by atoms with Gasteiger partial charge in [0.1, 0.15) is 5.69 Å². The van der Waals surface area contributed by atoms with Crippen molar-refractivity contribution >= 4 is 17.4 Å². The number of carbonyl (C=O) groups is 1.